The van der Waals surface area contributed by atoms with Gasteiger partial charge in [-0.3, -0.25) is 0 Å². The fourth-order valence-corrected chi connectivity index (χ4v) is 3.17. The number of sulfonamides is 1. The highest BCUT2D eigenvalue weighted by molar-refractivity contribution is 9.10. The maximum absolute atomic E-state index is 12.4. The number of nitrogens with two attached hydrogens (primary N) is 1. The Labute approximate surface area is 127 Å². The average Bonchev–Trinajstić information content (AvgIpc) is 2.42. The fraction of sp³-hybridized carbons (Fsp3) is 0.143. The predicted molar refractivity (Wildman–Crippen MR) is 83.6 cm³/mol. The SMILES string of the molecule is CN(Cc1ccc(Br)cc1)S(=O)(=O)c1ccc(N)cc1. The summed E-state index contributed by atoms with van der Waals surface area (Å²) in [6, 6.07) is 13.8. The van der Waals surface area contributed by atoms with Crippen molar-refractivity contribution < 1.29 is 8.42 Å². The molecule has 2 aromatic rings. The van der Waals surface area contributed by atoms with Gasteiger partial charge < -0.3 is 5.73 Å². The first-order chi connectivity index (χ1) is 9.39. The van der Waals surface area contributed by atoms with E-state index in [4.69, 9.17) is 5.73 Å². The molecule has 0 atom stereocenters. The maximum atomic E-state index is 12.4. The largest absolute Gasteiger partial charge is 0.399 e. The molecule has 0 saturated heterocycles. The van der Waals surface area contributed by atoms with E-state index in [0.29, 0.717) is 12.2 Å². The molecule has 0 aromatic heterocycles. The second-order valence-electron chi connectivity index (χ2n) is 4.46. The smallest absolute Gasteiger partial charge is 0.243 e. The van der Waals surface area contributed by atoms with Gasteiger partial charge in [0.05, 0.1) is 4.90 Å². The molecule has 0 radical (unpaired) electrons. The topological polar surface area (TPSA) is 63.4 Å². The normalized spacial score (nSPS) is 11.8. The summed E-state index contributed by atoms with van der Waals surface area (Å²) in [7, 11) is -1.93. The molecule has 2 rings (SSSR count). The van der Waals surface area contributed by atoms with Crippen molar-refractivity contribution in [2.45, 2.75) is 11.4 Å². The van der Waals surface area contributed by atoms with Crippen molar-refractivity contribution in [3.05, 3.63) is 58.6 Å². The second-order valence-corrected chi connectivity index (χ2v) is 7.42. The van der Waals surface area contributed by atoms with Crippen LogP contribution in [0.15, 0.2) is 57.9 Å². The molecule has 2 N–H and O–H groups in total. The molecule has 0 saturated carbocycles. The van der Waals surface area contributed by atoms with Crippen LogP contribution in [-0.2, 0) is 16.6 Å². The van der Waals surface area contributed by atoms with E-state index in [-0.39, 0.29) is 4.90 Å². The van der Waals surface area contributed by atoms with Crippen molar-refractivity contribution >= 4 is 31.6 Å². The summed E-state index contributed by atoms with van der Waals surface area (Å²) in [6.45, 7) is 0.319. The lowest BCUT2D eigenvalue weighted by molar-refractivity contribution is 0.467. The molecule has 106 valence electrons. The molecular weight excluding hydrogens is 340 g/mol. The maximum Gasteiger partial charge on any atom is 0.243 e. The Kier molecular flexibility index (Phi) is 4.47. The summed E-state index contributed by atoms with van der Waals surface area (Å²) in [5, 5.41) is 0. The highest BCUT2D eigenvalue weighted by Gasteiger charge is 2.20. The predicted octanol–water partition coefficient (Wildman–Crippen LogP) is 2.85. The summed E-state index contributed by atoms with van der Waals surface area (Å²) in [5.41, 5.74) is 7.04. The second kappa shape index (κ2) is 5.95. The Morgan fingerprint density at radius 2 is 1.60 bits per heavy atom. The van der Waals surface area contributed by atoms with Crippen molar-refractivity contribution in [2.24, 2.45) is 0 Å². The standard InChI is InChI=1S/C14H15BrN2O2S/c1-17(10-11-2-4-12(15)5-3-11)20(18,19)14-8-6-13(16)7-9-14/h2-9H,10,16H2,1H3. The van der Waals surface area contributed by atoms with E-state index in [9.17, 15) is 8.42 Å². The first kappa shape index (κ1) is 15.0. The number of rotatable bonds is 4. The van der Waals surface area contributed by atoms with Gasteiger partial charge in [-0.05, 0) is 42.0 Å². The summed E-state index contributed by atoms with van der Waals surface area (Å²) < 4.78 is 27.1. The Balaban J connectivity index is 2.21. The number of hydrogen-bond acceptors (Lipinski definition) is 3. The summed E-state index contributed by atoms with van der Waals surface area (Å²) in [6.07, 6.45) is 0. The monoisotopic (exact) mass is 354 g/mol. The molecule has 0 aliphatic heterocycles. The third-order valence-corrected chi connectivity index (χ3v) is 5.25. The van der Waals surface area contributed by atoms with Crippen molar-refractivity contribution in [1.82, 2.24) is 4.31 Å². The number of hydrogen-bond donors (Lipinski definition) is 1. The average molecular weight is 355 g/mol. The Morgan fingerprint density at radius 3 is 2.15 bits per heavy atom. The molecule has 0 unspecified atom stereocenters. The Hall–Kier alpha value is -1.37. The number of anilines is 1. The highest BCUT2D eigenvalue weighted by Crippen LogP contribution is 2.19. The van der Waals surface area contributed by atoms with E-state index < -0.39 is 10.0 Å². The van der Waals surface area contributed by atoms with Crippen LogP contribution in [-0.4, -0.2) is 19.8 Å². The van der Waals surface area contributed by atoms with Gasteiger partial charge in [-0.15, -0.1) is 0 Å². The first-order valence-electron chi connectivity index (χ1n) is 5.96. The van der Waals surface area contributed by atoms with Gasteiger partial charge in [0.15, 0.2) is 0 Å². The fourth-order valence-electron chi connectivity index (χ4n) is 1.75. The molecule has 2 aromatic carbocycles. The molecule has 0 spiro atoms. The number of nitrogen functional groups attached to an aromatic ring is 1. The van der Waals surface area contributed by atoms with Crippen LogP contribution in [0.5, 0.6) is 0 Å². The van der Waals surface area contributed by atoms with Gasteiger partial charge >= 0.3 is 0 Å². The number of nitrogens with zero attached hydrogens (tertiary/aromatic N) is 1. The third-order valence-electron chi connectivity index (χ3n) is 2.91. The van der Waals surface area contributed by atoms with Crippen LogP contribution in [0.25, 0.3) is 0 Å². The Bertz CT molecular complexity index is 682. The van der Waals surface area contributed by atoms with Crippen molar-refractivity contribution in [2.75, 3.05) is 12.8 Å². The van der Waals surface area contributed by atoms with Gasteiger partial charge in [0, 0.05) is 23.8 Å². The van der Waals surface area contributed by atoms with Crippen LogP contribution in [0.1, 0.15) is 5.56 Å². The zero-order chi connectivity index (χ0) is 14.8. The van der Waals surface area contributed by atoms with Crippen molar-refractivity contribution in [3.8, 4) is 0 Å². The zero-order valence-electron chi connectivity index (χ0n) is 11.0. The van der Waals surface area contributed by atoms with Crippen LogP contribution in [0.4, 0.5) is 5.69 Å². The summed E-state index contributed by atoms with van der Waals surface area (Å²) in [5.74, 6) is 0. The van der Waals surface area contributed by atoms with E-state index in [1.807, 2.05) is 24.3 Å². The molecule has 20 heavy (non-hydrogen) atoms. The molecule has 6 heteroatoms. The number of benzene rings is 2. The van der Waals surface area contributed by atoms with E-state index in [2.05, 4.69) is 15.9 Å². The van der Waals surface area contributed by atoms with Gasteiger partial charge in [0.1, 0.15) is 0 Å². The first-order valence-corrected chi connectivity index (χ1v) is 8.19. The lowest BCUT2D eigenvalue weighted by atomic mass is 10.2. The molecule has 0 bridgehead atoms. The van der Waals surface area contributed by atoms with Crippen LogP contribution >= 0.6 is 15.9 Å². The van der Waals surface area contributed by atoms with E-state index in [1.165, 1.54) is 16.4 Å². The summed E-state index contributed by atoms with van der Waals surface area (Å²) in [4.78, 5) is 0.242. The lowest BCUT2D eigenvalue weighted by Crippen LogP contribution is -2.26. The zero-order valence-corrected chi connectivity index (χ0v) is 13.4. The molecule has 0 fully saturated rings. The molecule has 0 amide bonds. The van der Waals surface area contributed by atoms with E-state index in [1.54, 1.807) is 19.2 Å². The molecule has 0 aliphatic carbocycles. The number of halogens is 1. The minimum atomic E-state index is -3.50. The molecular formula is C14H15BrN2O2S. The Morgan fingerprint density at radius 1 is 1.05 bits per heavy atom. The molecule has 4 nitrogen and oxygen atoms in total. The minimum absolute atomic E-state index is 0.242. The van der Waals surface area contributed by atoms with Gasteiger partial charge in [-0.2, -0.15) is 4.31 Å². The highest BCUT2D eigenvalue weighted by atomic mass is 79.9. The quantitative estimate of drug-likeness (QED) is 0.858. The van der Waals surface area contributed by atoms with Crippen LogP contribution in [0.3, 0.4) is 0 Å². The summed E-state index contributed by atoms with van der Waals surface area (Å²) >= 11 is 3.35. The van der Waals surface area contributed by atoms with Crippen LogP contribution in [0, 0.1) is 0 Å². The van der Waals surface area contributed by atoms with Gasteiger partial charge in [0.2, 0.25) is 10.0 Å². The minimum Gasteiger partial charge on any atom is -0.399 e. The lowest BCUT2D eigenvalue weighted by Gasteiger charge is -2.17. The van der Waals surface area contributed by atoms with Crippen LogP contribution in [0.2, 0.25) is 0 Å². The van der Waals surface area contributed by atoms with E-state index in [0.717, 1.165) is 10.0 Å². The van der Waals surface area contributed by atoms with Gasteiger partial charge in [0.25, 0.3) is 0 Å². The van der Waals surface area contributed by atoms with E-state index >= 15 is 0 Å². The van der Waals surface area contributed by atoms with Gasteiger partial charge in [-0.1, -0.05) is 28.1 Å². The molecule has 0 aliphatic rings. The van der Waals surface area contributed by atoms with Crippen molar-refractivity contribution in [1.29, 1.82) is 0 Å². The van der Waals surface area contributed by atoms with Crippen molar-refractivity contribution in [3.63, 3.8) is 0 Å². The third kappa shape index (κ3) is 3.39. The van der Waals surface area contributed by atoms with Gasteiger partial charge in [-0.25, -0.2) is 8.42 Å². The van der Waals surface area contributed by atoms with Crippen LogP contribution < -0.4 is 5.73 Å². The molecule has 0 heterocycles.